The van der Waals surface area contributed by atoms with Gasteiger partial charge in [-0.15, -0.1) is 11.3 Å². The molecule has 3 N–H and O–H groups in total. The molecule has 7 nitrogen and oxygen atoms in total. The summed E-state index contributed by atoms with van der Waals surface area (Å²) in [4.78, 5) is 42.3. The Morgan fingerprint density at radius 3 is 2.36 bits per heavy atom. The molecule has 0 radical (unpaired) electrons. The summed E-state index contributed by atoms with van der Waals surface area (Å²) < 4.78 is 1.28. The summed E-state index contributed by atoms with van der Waals surface area (Å²) in [6.07, 6.45) is 1.34. The lowest BCUT2D eigenvalue weighted by molar-refractivity contribution is -0.118. The van der Waals surface area contributed by atoms with Crippen LogP contribution in [0.1, 0.15) is 44.9 Å². The molecular formula is C20H22N4O3S. The van der Waals surface area contributed by atoms with Gasteiger partial charge in [0, 0.05) is 5.69 Å². The Morgan fingerprint density at radius 1 is 1.18 bits per heavy atom. The van der Waals surface area contributed by atoms with E-state index in [1.165, 1.54) is 10.9 Å². The lowest BCUT2D eigenvalue weighted by Crippen LogP contribution is -2.32. The Labute approximate surface area is 166 Å². The molecule has 146 valence electrons. The lowest BCUT2D eigenvalue weighted by Gasteiger charge is -2.18. The predicted molar refractivity (Wildman–Crippen MR) is 111 cm³/mol. The van der Waals surface area contributed by atoms with Crippen molar-refractivity contribution < 1.29 is 9.59 Å². The average molecular weight is 398 g/mol. The number of nitrogens with zero attached hydrogens (tertiary/aromatic N) is 2. The van der Waals surface area contributed by atoms with Gasteiger partial charge in [-0.25, -0.2) is 4.98 Å². The molecular weight excluding hydrogens is 376 g/mol. The number of hydrogen-bond donors (Lipinski definition) is 2. The average Bonchev–Trinajstić information content (AvgIpc) is 2.95. The van der Waals surface area contributed by atoms with E-state index in [0.717, 1.165) is 33.7 Å². The third-order valence-electron chi connectivity index (χ3n) is 4.82. The first-order valence-electron chi connectivity index (χ1n) is 8.80. The molecule has 28 heavy (non-hydrogen) atoms. The molecule has 0 aliphatic rings. The first-order chi connectivity index (χ1) is 13.1. The number of nitrogens with two attached hydrogens (primary N) is 1. The number of benzene rings is 1. The molecule has 2 heterocycles. The van der Waals surface area contributed by atoms with Gasteiger partial charge in [0.2, 0.25) is 5.91 Å². The van der Waals surface area contributed by atoms with Crippen LogP contribution in [0.15, 0.2) is 23.3 Å². The van der Waals surface area contributed by atoms with E-state index in [9.17, 15) is 14.4 Å². The van der Waals surface area contributed by atoms with Crippen molar-refractivity contribution in [1.29, 1.82) is 0 Å². The predicted octanol–water partition coefficient (Wildman–Crippen LogP) is 2.99. The van der Waals surface area contributed by atoms with Gasteiger partial charge in [-0.1, -0.05) is 17.7 Å². The summed E-state index contributed by atoms with van der Waals surface area (Å²) in [6, 6.07) is 3.21. The van der Waals surface area contributed by atoms with E-state index in [1.807, 2.05) is 32.9 Å². The molecule has 0 saturated heterocycles. The van der Waals surface area contributed by atoms with Crippen LogP contribution in [-0.2, 0) is 4.79 Å². The van der Waals surface area contributed by atoms with Crippen molar-refractivity contribution in [2.45, 2.75) is 40.7 Å². The van der Waals surface area contributed by atoms with E-state index < -0.39 is 11.9 Å². The maximum absolute atomic E-state index is 13.0. The van der Waals surface area contributed by atoms with E-state index in [-0.39, 0.29) is 11.5 Å². The number of amides is 2. The van der Waals surface area contributed by atoms with Crippen molar-refractivity contribution in [2.24, 2.45) is 5.73 Å². The van der Waals surface area contributed by atoms with Crippen LogP contribution in [0, 0.1) is 27.7 Å². The number of nitrogens with one attached hydrogen (secondary N) is 1. The van der Waals surface area contributed by atoms with Crippen LogP contribution < -0.4 is 16.6 Å². The molecule has 1 aromatic carbocycles. The van der Waals surface area contributed by atoms with Gasteiger partial charge >= 0.3 is 0 Å². The normalized spacial score (nSPS) is 12.2. The largest absolute Gasteiger partial charge is 0.365 e. The molecule has 0 aliphatic carbocycles. The first kappa shape index (κ1) is 19.8. The fourth-order valence-electron chi connectivity index (χ4n) is 3.38. The maximum Gasteiger partial charge on any atom is 0.263 e. The second-order valence-electron chi connectivity index (χ2n) is 7.00. The van der Waals surface area contributed by atoms with Crippen molar-refractivity contribution in [1.82, 2.24) is 9.55 Å². The van der Waals surface area contributed by atoms with Crippen LogP contribution in [-0.4, -0.2) is 21.4 Å². The zero-order valence-electron chi connectivity index (χ0n) is 16.4. The van der Waals surface area contributed by atoms with Crippen molar-refractivity contribution >= 4 is 39.1 Å². The summed E-state index contributed by atoms with van der Waals surface area (Å²) in [5.74, 6) is -0.913. The van der Waals surface area contributed by atoms with Crippen molar-refractivity contribution in [3.05, 3.63) is 55.9 Å². The maximum atomic E-state index is 13.0. The van der Waals surface area contributed by atoms with Crippen LogP contribution in [0.3, 0.4) is 0 Å². The van der Waals surface area contributed by atoms with Gasteiger partial charge in [0.25, 0.3) is 11.5 Å². The second kappa shape index (κ2) is 7.20. The highest BCUT2D eigenvalue weighted by Crippen LogP contribution is 2.27. The van der Waals surface area contributed by atoms with E-state index >= 15 is 0 Å². The Bertz CT molecular complexity index is 1150. The van der Waals surface area contributed by atoms with Crippen LogP contribution in [0.4, 0.5) is 5.69 Å². The standard InChI is InChI=1S/C20H22N4O3S/c1-9-6-10(2)15(11(3)7-9)23-18(26)13(5)24-8-22-19-14(20(24)27)12(4)16(28-19)17(21)25/h6-8,13H,1-5H3,(H2,21,25)(H,23,26). The molecule has 1 unspecified atom stereocenters. The summed E-state index contributed by atoms with van der Waals surface area (Å²) >= 11 is 1.08. The SMILES string of the molecule is Cc1cc(C)c(NC(=O)C(C)n2cnc3sc(C(N)=O)c(C)c3c2=O)c(C)c1. The monoisotopic (exact) mass is 398 g/mol. The Balaban J connectivity index is 1.99. The number of fused-ring (bicyclic) bond motifs is 1. The zero-order chi connectivity index (χ0) is 20.7. The van der Waals surface area contributed by atoms with Gasteiger partial charge in [-0.05, 0) is 51.3 Å². The summed E-state index contributed by atoms with van der Waals surface area (Å²) in [7, 11) is 0. The summed E-state index contributed by atoms with van der Waals surface area (Å²) in [5.41, 5.74) is 9.27. The molecule has 3 aromatic rings. The number of rotatable bonds is 4. The topological polar surface area (TPSA) is 107 Å². The first-order valence-corrected chi connectivity index (χ1v) is 9.62. The van der Waals surface area contributed by atoms with Crippen LogP contribution in [0.2, 0.25) is 0 Å². The Morgan fingerprint density at radius 2 is 1.79 bits per heavy atom. The van der Waals surface area contributed by atoms with E-state index in [2.05, 4.69) is 10.3 Å². The van der Waals surface area contributed by atoms with Crippen LogP contribution >= 0.6 is 11.3 Å². The number of carbonyl (C=O) groups is 2. The number of aryl methyl sites for hydroxylation is 4. The summed E-state index contributed by atoms with van der Waals surface area (Å²) in [6.45, 7) is 9.16. The van der Waals surface area contributed by atoms with Gasteiger partial charge < -0.3 is 11.1 Å². The van der Waals surface area contributed by atoms with E-state index in [4.69, 9.17) is 5.73 Å². The Kier molecular flexibility index (Phi) is 5.08. The fourth-order valence-corrected chi connectivity index (χ4v) is 4.37. The minimum absolute atomic E-state index is 0.306. The van der Waals surface area contributed by atoms with Crippen LogP contribution in [0.5, 0.6) is 0 Å². The minimum atomic E-state index is -0.777. The van der Waals surface area contributed by atoms with Crippen LogP contribution in [0.25, 0.3) is 10.2 Å². The van der Waals surface area contributed by atoms with Gasteiger partial charge in [-0.3, -0.25) is 19.0 Å². The molecule has 0 bridgehead atoms. The van der Waals surface area contributed by atoms with Crippen molar-refractivity contribution in [3.63, 3.8) is 0 Å². The minimum Gasteiger partial charge on any atom is -0.365 e. The third-order valence-corrected chi connectivity index (χ3v) is 6.04. The summed E-state index contributed by atoms with van der Waals surface area (Å²) in [5, 5.41) is 3.24. The number of anilines is 1. The molecule has 0 aliphatic heterocycles. The smallest absolute Gasteiger partial charge is 0.263 e. The van der Waals surface area contributed by atoms with Crippen molar-refractivity contribution in [2.75, 3.05) is 5.32 Å². The van der Waals surface area contributed by atoms with Gasteiger partial charge in [0.1, 0.15) is 10.9 Å². The molecule has 1 atom stereocenters. The van der Waals surface area contributed by atoms with Gasteiger partial charge in [0.05, 0.1) is 16.6 Å². The molecule has 2 aromatic heterocycles. The molecule has 0 spiro atoms. The van der Waals surface area contributed by atoms with Gasteiger partial charge in [0.15, 0.2) is 0 Å². The molecule has 8 heteroatoms. The molecule has 3 rings (SSSR count). The van der Waals surface area contributed by atoms with E-state index in [0.29, 0.717) is 20.7 Å². The number of thiophene rings is 1. The number of primary amides is 1. The lowest BCUT2D eigenvalue weighted by atomic mass is 10.0. The highest BCUT2D eigenvalue weighted by atomic mass is 32.1. The number of carbonyl (C=O) groups excluding carboxylic acids is 2. The molecule has 0 saturated carbocycles. The highest BCUT2D eigenvalue weighted by Gasteiger charge is 2.22. The van der Waals surface area contributed by atoms with E-state index in [1.54, 1.807) is 13.8 Å². The number of aromatic nitrogens is 2. The Hall–Kier alpha value is -3.00. The van der Waals surface area contributed by atoms with Gasteiger partial charge in [-0.2, -0.15) is 0 Å². The zero-order valence-corrected chi connectivity index (χ0v) is 17.2. The second-order valence-corrected chi connectivity index (χ2v) is 8.00. The molecule has 0 fully saturated rings. The quantitative estimate of drug-likeness (QED) is 0.704. The van der Waals surface area contributed by atoms with Crippen molar-refractivity contribution in [3.8, 4) is 0 Å². The molecule has 2 amide bonds. The highest BCUT2D eigenvalue weighted by molar-refractivity contribution is 7.20. The number of hydrogen-bond acceptors (Lipinski definition) is 5. The fraction of sp³-hybridized carbons (Fsp3) is 0.300. The third kappa shape index (κ3) is 3.31.